The lowest BCUT2D eigenvalue weighted by molar-refractivity contribution is 0.274. The van der Waals surface area contributed by atoms with Gasteiger partial charge in [-0.15, -0.1) is 23.5 Å². The highest BCUT2D eigenvalue weighted by Crippen LogP contribution is 2.32. The van der Waals surface area contributed by atoms with Crippen LogP contribution >= 0.6 is 23.5 Å². The maximum absolute atomic E-state index is 5.91. The maximum Gasteiger partial charge on any atom is 0.132 e. The lowest BCUT2D eigenvalue weighted by Crippen LogP contribution is -2.36. The highest BCUT2D eigenvalue weighted by atomic mass is 32.2. The van der Waals surface area contributed by atoms with Gasteiger partial charge in [0.1, 0.15) is 18.1 Å². The van der Waals surface area contributed by atoms with Gasteiger partial charge in [-0.05, 0) is 43.0 Å². The van der Waals surface area contributed by atoms with Crippen molar-refractivity contribution in [1.82, 2.24) is 5.32 Å². The Morgan fingerprint density at radius 1 is 1.21 bits per heavy atom. The van der Waals surface area contributed by atoms with Crippen LogP contribution in [0.3, 0.4) is 0 Å². The number of ether oxygens (including phenoxy) is 2. The number of methoxy groups -OCH3 is 1. The average Bonchev–Trinajstić information content (AvgIpc) is 2.84. The fraction of sp³-hybridized carbons (Fsp3) is 0.368. The molecule has 0 spiro atoms. The van der Waals surface area contributed by atoms with Crippen LogP contribution in [0.1, 0.15) is 6.42 Å². The van der Waals surface area contributed by atoms with Crippen molar-refractivity contribution in [3.8, 4) is 11.5 Å². The third kappa shape index (κ3) is 4.85. The van der Waals surface area contributed by atoms with E-state index in [1.165, 1.54) is 9.79 Å². The van der Waals surface area contributed by atoms with Gasteiger partial charge < -0.3 is 14.8 Å². The Morgan fingerprint density at radius 3 is 2.96 bits per heavy atom. The Bertz CT molecular complexity index is 624. The first-order valence-corrected chi connectivity index (χ1v) is 10.2. The van der Waals surface area contributed by atoms with Gasteiger partial charge in [-0.25, -0.2) is 0 Å². The molecule has 0 aromatic heterocycles. The molecule has 1 atom stereocenters. The zero-order chi connectivity index (χ0) is 16.6. The van der Waals surface area contributed by atoms with Gasteiger partial charge in [0.05, 0.1) is 13.2 Å². The first kappa shape index (κ1) is 17.5. The van der Waals surface area contributed by atoms with Gasteiger partial charge in [-0.3, -0.25) is 0 Å². The summed E-state index contributed by atoms with van der Waals surface area (Å²) in [5.74, 6) is 4.10. The van der Waals surface area contributed by atoms with E-state index in [-0.39, 0.29) is 0 Å². The molecule has 0 fully saturated rings. The first-order chi connectivity index (χ1) is 11.9. The van der Waals surface area contributed by atoms with E-state index in [1.807, 2.05) is 41.7 Å². The van der Waals surface area contributed by atoms with Crippen LogP contribution in [0.2, 0.25) is 0 Å². The second kappa shape index (κ2) is 9.25. The Morgan fingerprint density at radius 2 is 2.04 bits per heavy atom. The Hall–Kier alpha value is -1.30. The number of para-hydroxylation sites is 2. The van der Waals surface area contributed by atoms with E-state index in [0.29, 0.717) is 6.04 Å². The van der Waals surface area contributed by atoms with Gasteiger partial charge >= 0.3 is 0 Å². The Kier molecular flexibility index (Phi) is 6.75. The predicted molar refractivity (Wildman–Crippen MR) is 103 cm³/mol. The molecule has 128 valence electrons. The minimum absolute atomic E-state index is 0.402. The van der Waals surface area contributed by atoms with Gasteiger partial charge in [0, 0.05) is 15.5 Å². The van der Waals surface area contributed by atoms with E-state index in [9.17, 15) is 0 Å². The molecule has 3 nitrogen and oxygen atoms in total. The lowest BCUT2D eigenvalue weighted by Gasteiger charge is -2.15. The molecule has 3 rings (SSSR count). The first-order valence-electron chi connectivity index (χ1n) is 8.20. The molecule has 1 N–H and O–H groups in total. The van der Waals surface area contributed by atoms with Crippen LogP contribution in [0.5, 0.6) is 11.5 Å². The Labute approximate surface area is 152 Å². The van der Waals surface area contributed by atoms with Gasteiger partial charge in [0.2, 0.25) is 0 Å². The number of hydrogen-bond acceptors (Lipinski definition) is 5. The number of nitrogens with one attached hydrogen (secondary N) is 1. The largest absolute Gasteiger partial charge is 0.496 e. The van der Waals surface area contributed by atoms with Crippen LogP contribution in [0, 0.1) is 0 Å². The van der Waals surface area contributed by atoms with Crippen molar-refractivity contribution in [2.24, 2.45) is 0 Å². The molecule has 24 heavy (non-hydrogen) atoms. The van der Waals surface area contributed by atoms with E-state index in [2.05, 4.69) is 35.6 Å². The smallest absolute Gasteiger partial charge is 0.132 e. The average molecular weight is 362 g/mol. The summed E-state index contributed by atoms with van der Waals surface area (Å²) in [4.78, 5) is 2.46. The number of hydrogen-bond donors (Lipinski definition) is 1. The molecule has 0 radical (unpaired) electrons. The molecule has 0 bridgehead atoms. The molecule has 0 saturated heterocycles. The molecule has 1 aliphatic rings. The van der Waals surface area contributed by atoms with E-state index in [1.54, 1.807) is 7.11 Å². The predicted octanol–water partition coefficient (Wildman–Crippen LogP) is 4.32. The normalized spacial score (nSPS) is 16.8. The highest BCUT2D eigenvalue weighted by Gasteiger charge is 2.16. The second-order valence-electron chi connectivity index (χ2n) is 5.57. The lowest BCUT2D eigenvalue weighted by atomic mass is 10.3. The molecule has 1 aliphatic heterocycles. The minimum Gasteiger partial charge on any atom is -0.496 e. The topological polar surface area (TPSA) is 30.5 Å². The van der Waals surface area contributed by atoms with Crippen molar-refractivity contribution in [3.05, 3.63) is 48.5 Å². The molecule has 0 unspecified atom stereocenters. The van der Waals surface area contributed by atoms with Crippen molar-refractivity contribution in [2.45, 2.75) is 22.3 Å². The van der Waals surface area contributed by atoms with Gasteiger partial charge in [-0.2, -0.15) is 0 Å². The van der Waals surface area contributed by atoms with Crippen LogP contribution in [0.4, 0.5) is 0 Å². The van der Waals surface area contributed by atoms with E-state index in [0.717, 1.165) is 42.6 Å². The molecule has 2 aromatic carbocycles. The van der Waals surface area contributed by atoms with Crippen molar-refractivity contribution in [3.63, 3.8) is 0 Å². The molecule has 0 amide bonds. The third-order valence-electron chi connectivity index (χ3n) is 3.81. The summed E-state index contributed by atoms with van der Waals surface area (Å²) in [7, 11) is 1.72. The number of benzene rings is 2. The SMILES string of the molecule is COc1ccccc1SCCCN[C@@H]1COc2ccccc2SC1. The number of fused-ring (bicyclic) bond motifs is 1. The molecular formula is C19H23NO2S2. The number of rotatable bonds is 7. The monoisotopic (exact) mass is 361 g/mol. The van der Waals surface area contributed by atoms with Gasteiger partial charge in [0.15, 0.2) is 0 Å². The summed E-state index contributed by atoms with van der Waals surface area (Å²) in [6, 6.07) is 16.9. The van der Waals surface area contributed by atoms with Crippen molar-refractivity contribution in [1.29, 1.82) is 0 Å². The van der Waals surface area contributed by atoms with Gasteiger partial charge in [-0.1, -0.05) is 24.3 Å². The van der Waals surface area contributed by atoms with Crippen molar-refractivity contribution < 1.29 is 9.47 Å². The number of thioether (sulfide) groups is 2. The van der Waals surface area contributed by atoms with E-state index >= 15 is 0 Å². The zero-order valence-electron chi connectivity index (χ0n) is 13.9. The molecule has 5 heteroatoms. The summed E-state index contributed by atoms with van der Waals surface area (Å²) >= 11 is 3.72. The Balaban J connectivity index is 1.37. The molecule has 0 aliphatic carbocycles. The fourth-order valence-electron chi connectivity index (χ4n) is 2.53. The maximum atomic E-state index is 5.91. The van der Waals surface area contributed by atoms with Crippen LogP contribution in [-0.2, 0) is 0 Å². The van der Waals surface area contributed by atoms with E-state index in [4.69, 9.17) is 9.47 Å². The minimum atomic E-state index is 0.402. The zero-order valence-corrected chi connectivity index (χ0v) is 15.5. The van der Waals surface area contributed by atoms with Crippen LogP contribution in [0.25, 0.3) is 0 Å². The summed E-state index contributed by atoms with van der Waals surface area (Å²) in [5.41, 5.74) is 0. The quantitative estimate of drug-likeness (QED) is 0.586. The van der Waals surface area contributed by atoms with Crippen molar-refractivity contribution in [2.75, 3.05) is 31.8 Å². The summed E-state index contributed by atoms with van der Waals surface area (Å²) in [6.45, 7) is 1.75. The van der Waals surface area contributed by atoms with Gasteiger partial charge in [0.25, 0.3) is 0 Å². The standard InChI is InChI=1S/C19H23NO2S2/c1-21-16-7-2-4-9-18(16)23-12-6-11-20-15-13-22-17-8-3-5-10-19(17)24-14-15/h2-5,7-10,15,20H,6,11-14H2,1H3/t15-/m1/s1. The van der Waals surface area contributed by atoms with E-state index < -0.39 is 0 Å². The summed E-state index contributed by atoms with van der Waals surface area (Å²) in [5, 5.41) is 3.62. The summed E-state index contributed by atoms with van der Waals surface area (Å²) in [6.07, 6.45) is 1.12. The third-order valence-corrected chi connectivity index (χ3v) is 6.17. The second-order valence-corrected chi connectivity index (χ2v) is 7.77. The molecule has 2 aromatic rings. The molecular weight excluding hydrogens is 338 g/mol. The molecule has 1 heterocycles. The highest BCUT2D eigenvalue weighted by molar-refractivity contribution is 7.99. The van der Waals surface area contributed by atoms with Crippen molar-refractivity contribution >= 4 is 23.5 Å². The summed E-state index contributed by atoms with van der Waals surface area (Å²) < 4.78 is 11.3. The van der Waals surface area contributed by atoms with Crippen LogP contribution in [-0.4, -0.2) is 37.8 Å². The fourth-order valence-corrected chi connectivity index (χ4v) is 4.55. The van der Waals surface area contributed by atoms with Crippen LogP contribution in [0.15, 0.2) is 58.3 Å². The molecule has 0 saturated carbocycles. The van der Waals surface area contributed by atoms with Crippen LogP contribution < -0.4 is 14.8 Å².